The number of aromatic amines is 1. The molecule has 318 valence electrons. The third-order valence-electron chi connectivity index (χ3n) is 12.7. The van der Waals surface area contributed by atoms with Gasteiger partial charge in [-0.2, -0.15) is 0 Å². The summed E-state index contributed by atoms with van der Waals surface area (Å²) in [5.74, 6) is -0.648. The molecule has 5 aromatic rings. The van der Waals surface area contributed by atoms with Crippen molar-refractivity contribution in [2.45, 2.75) is 92.7 Å². The van der Waals surface area contributed by atoms with Crippen molar-refractivity contribution in [3.8, 4) is 39.9 Å². The molecule has 9 unspecified atom stereocenters. The number of nitrogens with two attached hydrogens (primary N) is 2. The van der Waals surface area contributed by atoms with Gasteiger partial charge in [0.15, 0.2) is 23.2 Å². The number of para-hydroxylation sites is 1. The summed E-state index contributed by atoms with van der Waals surface area (Å²) in [6.45, 7) is 0.436. The minimum absolute atomic E-state index is 0.122. The van der Waals surface area contributed by atoms with Crippen molar-refractivity contribution >= 4 is 22.8 Å². The Labute approximate surface area is 348 Å². The number of hydrogen-bond donors (Lipinski definition) is 7. The summed E-state index contributed by atoms with van der Waals surface area (Å²) < 4.78 is 44.6. The first kappa shape index (κ1) is 39.3. The molecule has 9 heterocycles. The summed E-state index contributed by atoms with van der Waals surface area (Å²) in [5.41, 5.74) is 16.6. The third-order valence-corrected chi connectivity index (χ3v) is 12.7. The number of nitrogens with one attached hydrogen (secondary N) is 1. The molecule has 1 fully saturated rings. The molecule has 0 aliphatic carbocycles. The average Bonchev–Trinajstić information content (AvgIpc) is 3.81. The molecule has 4 aromatic carbocycles. The number of aromatic nitrogens is 1. The van der Waals surface area contributed by atoms with Gasteiger partial charge in [-0.25, -0.2) is 0 Å². The number of carbonyl (C=O) groups excluding carboxylic acids is 1. The van der Waals surface area contributed by atoms with Gasteiger partial charge in [-0.1, -0.05) is 48.5 Å². The number of ether oxygens (including phenoxy) is 7. The zero-order chi connectivity index (χ0) is 42.3. The lowest BCUT2D eigenvalue weighted by Gasteiger charge is -2.48. The highest BCUT2D eigenvalue weighted by atomic mass is 16.7. The topological polar surface area (TPSA) is 247 Å². The van der Waals surface area contributed by atoms with E-state index in [1.54, 1.807) is 13.2 Å². The van der Waals surface area contributed by atoms with Crippen molar-refractivity contribution in [1.82, 2.24) is 4.98 Å². The van der Waals surface area contributed by atoms with Crippen molar-refractivity contribution in [3.05, 3.63) is 101 Å². The molecule has 61 heavy (non-hydrogen) atoms. The maximum atomic E-state index is 12.5. The molecule has 0 radical (unpaired) electrons. The quantitative estimate of drug-likeness (QED) is 0.0707. The summed E-state index contributed by atoms with van der Waals surface area (Å²) in [6, 6.07) is 21.9. The Morgan fingerprint density at radius 3 is 2.52 bits per heavy atom. The van der Waals surface area contributed by atoms with Crippen molar-refractivity contribution < 1.29 is 63.2 Å². The van der Waals surface area contributed by atoms with Gasteiger partial charge in [0.2, 0.25) is 12.0 Å². The van der Waals surface area contributed by atoms with Gasteiger partial charge in [-0.05, 0) is 36.1 Å². The molecule has 6 bridgehead atoms. The Balaban J connectivity index is 1.14. The van der Waals surface area contributed by atoms with E-state index in [1.165, 1.54) is 0 Å². The molecule has 16 heteroatoms. The number of aliphatic carboxylic acids is 1. The smallest absolute Gasteiger partial charge is 0.317 e. The van der Waals surface area contributed by atoms with Gasteiger partial charge in [-0.15, -0.1) is 0 Å². The van der Waals surface area contributed by atoms with Gasteiger partial charge >= 0.3 is 11.9 Å². The van der Waals surface area contributed by atoms with E-state index < -0.39 is 73.0 Å². The predicted molar refractivity (Wildman–Crippen MR) is 215 cm³/mol. The molecule has 0 spiro atoms. The molecule has 0 saturated carbocycles. The summed E-state index contributed by atoms with van der Waals surface area (Å²) in [6.07, 6.45) is -9.20. The van der Waals surface area contributed by atoms with Gasteiger partial charge < -0.3 is 70.0 Å². The first-order valence-electron chi connectivity index (χ1n) is 20.3. The molecule has 16 nitrogen and oxygen atoms in total. The van der Waals surface area contributed by atoms with E-state index in [1.807, 2.05) is 42.6 Å². The number of hydrogen-bond acceptors (Lipinski definition) is 14. The molecule has 13 rings (SSSR count). The molecule has 9 N–H and O–H groups in total. The standard InChI is InChI=1S/C45H45N3O13/c1-55-38-27-11-10-24-34-29(16-21-8-6-20(7-9-21)13-15-56-27)57-30-17-28-23(33(35(30)39(34)60-37(24)38)25-19-48-26-5-3-2-4-22(25)26)12-14-45(54)42(53)36(52)40(61-44(45)58-28)41(43(46)47)59-32(51)18-31(49)50/h2-11,17,19,29,34,36,39-44,48,52-54H,12-16,18,46-47H2,1H3,(H,49,50). The molecule has 1 saturated heterocycles. The van der Waals surface area contributed by atoms with Crippen LogP contribution in [0.2, 0.25) is 0 Å². The van der Waals surface area contributed by atoms with E-state index in [-0.39, 0.29) is 24.5 Å². The van der Waals surface area contributed by atoms with Crippen molar-refractivity contribution in [1.29, 1.82) is 0 Å². The van der Waals surface area contributed by atoms with Gasteiger partial charge in [0.25, 0.3) is 0 Å². The second-order valence-electron chi connectivity index (χ2n) is 16.3. The summed E-state index contributed by atoms with van der Waals surface area (Å²) in [4.78, 5) is 27.1. The van der Waals surface area contributed by atoms with Gasteiger partial charge in [0.1, 0.15) is 48.4 Å². The van der Waals surface area contributed by atoms with Crippen molar-refractivity contribution in [2.24, 2.45) is 11.5 Å². The van der Waals surface area contributed by atoms with Crippen LogP contribution < -0.4 is 35.2 Å². The number of carboxylic acid groups (broad SMARTS) is 1. The number of benzene rings is 4. The van der Waals surface area contributed by atoms with Crippen LogP contribution in [0.3, 0.4) is 0 Å². The first-order valence-corrected chi connectivity index (χ1v) is 20.3. The van der Waals surface area contributed by atoms with E-state index >= 15 is 0 Å². The Kier molecular flexibility index (Phi) is 9.61. The summed E-state index contributed by atoms with van der Waals surface area (Å²) in [7, 11) is 1.59. The summed E-state index contributed by atoms with van der Waals surface area (Å²) >= 11 is 0. The van der Waals surface area contributed by atoms with Crippen LogP contribution in [-0.2, 0) is 38.3 Å². The van der Waals surface area contributed by atoms with E-state index in [2.05, 4.69) is 29.2 Å². The fourth-order valence-corrected chi connectivity index (χ4v) is 9.76. The van der Waals surface area contributed by atoms with Crippen molar-refractivity contribution in [3.63, 3.8) is 0 Å². The number of fused-ring (bicyclic) bond motifs is 5. The molecule has 9 atom stereocenters. The Bertz CT molecular complexity index is 2540. The third kappa shape index (κ3) is 6.44. The van der Waals surface area contributed by atoms with Gasteiger partial charge in [-0.3, -0.25) is 9.59 Å². The lowest BCUT2D eigenvalue weighted by molar-refractivity contribution is -0.329. The number of esters is 1. The van der Waals surface area contributed by atoms with E-state index in [9.17, 15) is 24.9 Å². The van der Waals surface area contributed by atoms with Crippen LogP contribution in [0.5, 0.6) is 28.7 Å². The fraction of sp³-hybridized carbons (Fsp3) is 0.378. The SMILES string of the molecule is COc1c2ccc3c1OC1c4c(cc5c(c4-c4c[nH]c6ccccc46)CCC4(O)C(O5)OC(C(OC(=O)CC(=O)O)C(N)N)C(O)C4O)OC(Cc4ccc(cc4)CCO2)C31. The lowest BCUT2D eigenvalue weighted by Crippen LogP contribution is -2.71. The van der Waals surface area contributed by atoms with Crippen LogP contribution in [0.25, 0.3) is 22.0 Å². The van der Waals surface area contributed by atoms with Crippen LogP contribution >= 0.6 is 0 Å². The number of methoxy groups -OCH3 is 1. The van der Waals surface area contributed by atoms with Gasteiger partial charge in [0, 0.05) is 63.8 Å². The minimum atomic E-state index is -2.21. The maximum absolute atomic E-state index is 12.5. The molecule has 0 amide bonds. The van der Waals surface area contributed by atoms with Crippen LogP contribution in [0.15, 0.2) is 72.9 Å². The number of aliphatic hydroxyl groups is 3. The zero-order valence-electron chi connectivity index (χ0n) is 33.0. The minimum Gasteiger partial charge on any atom is -0.490 e. The number of carbonyl (C=O) groups is 2. The average molecular weight is 836 g/mol. The normalized spacial score (nSPS) is 27.6. The maximum Gasteiger partial charge on any atom is 0.317 e. The summed E-state index contributed by atoms with van der Waals surface area (Å²) in [5, 5.41) is 45.5. The highest BCUT2D eigenvalue weighted by molar-refractivity contribution is 5.98. The molecular weight excluding hydrogens is 791 g/mol. The predicted octanol–water partition coefficient (Wildman–Crippen LogP) is 3.13. The molecule has 8 aliphatic heterocycles. The second-order valence-corrected chi connectivity index (χ2v) is 16.3. The van der Waals surface area contributed by atoms with Crippen LogP contribution in [0.1, 0.15) is 52.7 Å². The monoisotopic (exact) mass is 835 g/mol. The molecule has 8 aliphatic rings. The highest BCUT2D eigenvalue weighted by Crippen LogP contribution is 2.62. The number of carboxylic acids is 1. The van der Waals surface area contributed by atoms with E-state index in [0.717, 1.165) is 44.3 Å². The van der Waals surface area contributed by atoms with Crippen molar-refractivity contribution in [2.75, 3.05) is 13.7 Å². The zero-order valence-corrected chi connectivity index (χ0v) is 33.0. The van der Waals surface area contributed by atoms with Crippen LogP contribution in [0, 0.1) is 0 Å². The fourth-order valence-electron chi connectivity index (χ4n) is 9.76. The Morgan fingerprint density at radius 1 is 0.967 bits per heavy atom. The highest BCUT2D eigenvalue weighted by Gasteiger charge is 2.60. The van der Waals surface area contributed by atoms with E-state index in [4.69, 9.17) is 49.7 Å². The second kappa shape index (κ2) is 14.9. The molecular formula is C45H45N3O13. The van der Waals surface area contributed by atoms with Crippen LogP contribution in [-0.4, -0.2) is 99.6 Å². The number of H-pyrrole nitrogens is 1. The number of aliphatic hydroxyl groups excluding tert-OH is 2. The van der Waals surface area contributed by atoms with Gasteiger partial charge in [0.05, 0.1) is 25.8 Å². The largest absolute Gasteiger partial charge is 0.490 e. The van der Waals surface area contributed by atoms with Crippen LogP contribution in [0.4, 0.5) is 0 Å². The van der Waals surface area contributed by atoms with E-state index in [0.29, 0.717) is 48.0 Å². The Hall–Kier alpha value is -5.88. The number of rotatable bonds is 7. The molecule has 1 aromatic heterocycles. The Morgan fingerprint density at radius 2 is 1.75 bits per heavy atom. The lowest BCUT2D eigenvalue weighted by atomic mass is 9.77. The first-order chi connectivity index (χ1) is 29.4.